The van der Waals surface area contributed by atoms with E-state index in [1.807, 2.05) is 24.3 Å². The van der Waals surface area contributed by atoms with Gasteiger partial charge in [-0.25, -0.2) is 9.97 Å². The summed E-state index contributed by atoms with van der Waals surface area (Å²) in [6, 6.07) is 11.0. The van der Waals surface area contributed by atoms with Gasteiger partial charge in [0.15, 0.2) is 0 Å². The summed E-state index contributed by atoms with van der Waals surface area (Å²) in [4.78, 5) is 8.02. The Hall–Kier alpha value is -1.90. The van der Waals surface area contributed by atoms with Crippen LogP contribution in [0.2, 0.25) is 0 Å². The van der Waals surface area contributed by atoms with Gasteiger partial charge in [-0.05, 0) is 12.1 Å². The molecule has 0 saturated heterocycles. The van der Waals surface area contributed by atoms with Crippen molar-refractivity contribution in [3.63, 3.8) is 0 Å². The summed E-state index contributed by atoms with van der Waals surface area (Å²) in [7, 11) is 0. The van der Waals surface area contributed by atoms with Gasteiger partial charge in [0.25, 0.3) is 0 Å². The fourth-order valence-electron chi connectivity index (χ4n) is 0.922. The third-order valence-electron chi connectivity index (χ3n) is 1.48. The van der Waals surface area contributed by atoms with E-state index in [1.54, 1.807) is 24.5 Å². The van der Waals surface area contributed by atoms with Gasteiger partial charge in [0, 0.05) is 24.5 Å². The third-order valence-corrected chi connectivity index (χ3v) is 1.48. The Morgan fingerprint density at radius 2 is 1.31 bits per heavy atom. The lowest BCUT2D eigenvalue weighted by Gasteiger charge is -2.00. The van der Waals surface area contributed by atoms with Crippen molar-refractivity contribution in [3.8, 4) is 11.8 Å². The first-order valence-electron chi connectivity index (χ1n) is 3.95. The average Bonchev–Trinajstić information content (AvgIpc) is 2.21. The molecule has 0 spiro atoms. The maximum atomic E-state index is 5.36. The van der Waals surface area contributed by atoms with Gasteiger partial charge in [-0.15, -0.1) is 0 Å². The van der Waals surface area contributed by atoms with Crippen LogP contribution in [0.5, 0.6) is 11.8 Å². The molecular weight excluding hydrogens is 164 g/mol. The third kappa shape index (κ3) is 2.02. The topological polar surface area (TPSA) is 35.0 Å². The number of nitrogens with zero attached hydrogens (tertiary/aromatic N) is 2. The molecule has 3 heteroatoms. The second-order valence-corrected chi connectivity index (χ2v) is 2.44. The van der Waals surface area contributed by atoms with Crippen molar-refractivity contribution in [1.82, 2.24) is 9.97 Å². The van der Waals surface area contributed by atoms with Gasteiger partial charge in [-0.1, -0.05) is 12.1 Å². The maximum absolute atomic E-state index is 5.36. The summed E-state index contributed by atoms with van der Waals surface area (Å²) in [5.41, 5.74) is 0. The van der Waals surface area contributed by atoms with Gasteiger partial charge in [-0.3, -0.25) is 0 Å². The van der Waals surface area contributed by atoms with Crippen molar-refractivity contribution in [2.75, 3.05) is 0 Å². The minimum atomic E-state index is 0.557. The van der Waals surface area contributed by atoms with Gasteiger partial charge in [0.1, 0.15) is 0 Å². The number of ether oxygens (including phenoxy) is 1. The van der Waals surface area contributed by atoms with Crippen LogP contribution in [0, 0.1) is 0 Å². The van der Waals surface area contributed by atoms with Gasteiger partial charge >= 0.3 is 0 Å². The standard InChI is InChI=1S/C10H8N2O/c1-3-7-11-9(5-1)13-10-6-2-4-8-12-10/h1-8H. The van der Waals surface area contributed by atoms with E-state index in [0.29, 0.717) is 11.8 Å². The summed E-state index contributed by atoms with van der Waals surface area (Å²) >= 11 is 0. The van der Waals surface area contributed by atoms with Crippen LogP contribution in [-0.2, 0) is 0 Å². The minimum absolute atomic E-state index is 0.557. The number of hydrogen-bond donors (Lipinski definition) is 0. The fourth-order valence-corrected chi connectivity index (χ4v) is 0.922. The molecule has 0 amide bonds. The van der Waals surface area contributed by atoms with E-state index in [1.165, 1.54) is 0 Å². The number of rotatable bonds is 2. The first-order chi connectivity index (χ1) is 6.45. The Balaban J connectivity index is 2.16. The lowest BCUT2D eigenvalue weighted by Crippen LogP contribution is -1.88. The number of hydrogen-bond acceptors (Lipinski definition) is 3. The Kier molecular flexibility index (Phi) is 2.18. The van der Waals surface area contributed by atoms with Crippen LogP contribution in [0.1, 0.15) is 0 Å². The Morgan fingerprint density at radius 1 is 0.769 bits per heavy atom. The maximum Gasteiger partial charge on any atom is 0.221 e. The SMILES string of the molecule is c1ccc(Oc2ccccn2)nc1. The highest BCUT2D eigenvalue weighted by molar-refractivity contribution is 5.18. The summed E-state index contributed by atoms with van der Waals surface area (Å²) < 4.78 is 5.36. The molecule has 2 aromatic rings. The van der Waals surface area contributed by atoms with Gasteiger partial charge in [0.05, 0.1) is 0 Å². The molecule has 0 aliphatic carbocycles. The van der Waals surface area contributed by atoms with Crippen molar-refractivity contribution >= 4 is 0 Å². The molecule has 0 fully saturated rings. The molecule has 0 aliphatic heterocycles. The summed E-state index contributed by atoms with van der Waals surface area (Å²) in [5.74, 6) is 1.11. The summed E-state index contributed by atoms with van der Waals surface area (Å²) in [5, 5.41) is 0. The molecule has 0 aromatic carbocycles. The van der Waals surface area contributed by atoms with E-state index in [4.69, 9.17) is 4.74 Å². The highest BCUT2D eigenvalue weighted by Crippen LogP contribution is 2.14. The highest BCUT2D eigenvalue weighted by Gasteiger charge is 1.95. The van der Waals surface area contributed by atoms with Crippen LogP contribution < -0.4 is 4.74 Å². The predicted octanol–water partition coefficient (Wildman–Crippen LogP) is 2.27. The van der Waals surface area contributed by atoms with Gasteiger partial charge < -0.3 is 4.74 Å². The number of aromatic nitrogens is 2. The quantitative estimate of drug-likeness (QED) is 0.697. The monoisotopic (exact) mass is 172 g/mol. The molecule has 0 aliphatic rings. The molecule has 0 saturated carbocycles. The van der Waals surface area contributed by atoms with Crippen LogP contribution in [0.4, 0.5) is 0 Å². The second-order valence-electron chi connectivity index (χ2n) is 2.44. The minimum Gasteiger partial charge on any atom is -0.421 e. The van der Waals surface area contributed by atoms with E-state index in [0.717, 1.165) is 0 Å². The first kappa shape index (κ1) is 7.73. The van der Waals surface area contributed by atoms with Crippen LogP contribution in [-0.4, -0.2) is 9.97 Å². The molecule has 3 nitrogen and oxygen atoms in total. The lowest BCUT2D eigenvalue weighted by molar-refractivity contribution is 0.445. The van der Waals surface area contributed by atoms with E-state index in [2.05, 4.69) is 9.97 Å². The first-order valence-corrected chi connectivity index (χ1v) is 3.95. The smallest absolute Gasteiger partial charge is 0.221 e. The zero-order chi connectivity index (χ0) is 8.93. The zero-order valence-electron chi connectivity index (χ0n) is 6.92. The van der Waals surface area contributed by atoms with E-state index < -0.39 is 0 Å². The molecule has 0 N–H and O–H groups in total. The molecule has 2 rings (SSSR count). The van der Waals surface area contributed by atoms with Crippen molar-refractivity contribution in [2.24, 2.45) is 0 Å². The van der Waals surface area contributed by atoms with Crippen LogP contribution >= 0.6 is 0 Å². The van der Waals surface area contributed by atoms with E-state index in [-0.39, 0.29) is 0 Å². The zero-order valence-corrected chi connectivity index (χ0v) is 6.92. The lowest BCUT2D eigenvalue weighted by atomic mass is 10.5. The van der Waals surface area contributed by atoms with Crippen molar-refractivity contribution in [2.45, 2.75) is 0 Å². The normalized spacial score (nSPS) is 9.54. The van der Waals surface area contributed by atoms with Crippen molar-refractivity contribution < 1.29 is 4.74 Å². The van der Waals surface area contributed by atoms with Gasteiger partial charge in [0.2, 0.25) is 11.8 Å². The van der Waals surface area contributed by atoms with Crippen LogP contribution in [0.15, 0.2) is 48.8 Å². The van der Waals surface area contributed by atoms with E-state index >= 15 is 0 Å². The summed E-state index contributed by atoms with van der Waals surface area (Å²) in [6.07, 6.45) is 3.36. The van der Waals surface area contributed by atoms with Crippen LogP contribution in [0.25, 0.3) is 0 Å². The van der Waals surface area contributed by atoms with E-state index in [9.17, 15) is 0 Å². The fraction of sp³-hybridized carbons (Fsp3) is 0. The van der Waals surface area contributed by atoms with Crippen molar-refractivity contribution in [3.05, 3.63) is 48.8 Å². The number of pyridine rings is 2. The van der Waals surface area contributed by atoms with Crippen molar-refractivity contribution in [1.29, 1.82) is 0 Å². The molecule has 0 radical (unpaired) electrons. The molecule has 0 unspecified atom stereocenters. The Morgan fingerprint density at radius 3 is 1.69 bits per heavy atom. The average molecular weight is 172 g/mol. The molecule has 13 heavy (non-hydrogen) atoms. The molecule has 64 valence electrons. The van der Waals surface area contributed by atoms with Gasteiger partial charge in [-0.2, -0.15) is 0 Å². The molecule has 0 atom stereocenters. The Labute approximate surface area is 76.0 Å². The molecular formula is C10H8N2O. The Bertz CT molecular complexity index is 324. The summed E-state index contributed by atoms with van der Waals surface area (Å²) in [6.45, 7) is 0. The molecule has 0 bridgehead atoms. The second kappa shape index (κ2) is 3.67. The highest BCUT2D eigenvalue weighted by atomic mass is 16.5. The molecule has 2 aromatic heterocycles. The predicted molar refractivity (Wildman–Crippen MR) is 48.5 cm³/mol. The molecule has 2 heterocycles. The largest absolute Gasteiger partial charge is 0.421 e. The van der Waals surface area contributed by atoms with Crippen LogP contribution in [0.3, 0.4) is 0 Å².